The molecule has 0 amide bonds. The first kappa shape index (κ1) is 18.6. The van der Waals surface area contributed by atoms with Crippen molar-refractivity contribution in [2.75, 3.05) is 6.61 Å². The minimum absolute atomic E-state index is 0.214. The highest BCUT2D eigenvalue weighted by Gasteiger charge is 2.39. The van der Waals surface area contributed by atoms with Gasteiger partial charge in [0.05, 0.1) is 6.61 Å². The molecule has 0 atom stereocenters. The van der Waals surface area contributed by atoms with E-state index in [4.69, 9.17) is 9.16 Å². The van der Waals surface area contributed by atoms with Crippen LogP contribution in [0.25, 0.3) is 0 Å². The van der Waals surface area contributed by atoms with Gasteiger partial charge in [-0.15, -0.1) is 0 Å². The molecule has 19 heavy (non-hydrogen) atoms. The fourth-order valence-electron chi connectivity index (χ4n) is 1.47. The van der Waals surface area contributed by atoms with Crippen molar-refractivity contribution in [3.8, 4) is 0 Å². The van der Waals surface area contributed by atoms with Crippen molar-refractivity contribution in [3.05, 3.63) is 12.0 Å². The van der Waals surface area contributed by atoms with Gasteiger partial charge < -0.3 is 9.16 Å². The van der Waals surface area contributed by atoms with Crippen molar-refractivity contribution in [2.24, 2.45) is 0 Å². The zero-order chi connectivity index (χ0) is 14.9. The van der Waals surface area contributed by atoms with Crippen LogP contribution in [0.3, 0.4) is 0 Å². The Hall–Kier alpha value is -0.443. The van der Waals surface area contributed by atoms with Crippen LogP contribution in [0.2, 0.25) is 18.1 Å². The Labute approximate surface area is 121 Å². The van der Waals surface area contributed by atoms with Crippen LogP contribution in [0.4, 0.5) is 0 Å². The monoisotopic (exact) mass is 286 g/mol. The minimum Gasteiger partial charge on any atom is -0.519 e. The van der Waals surface area contributed by atoms with Gasteiger partial charge in [0.25, 0.3) is 14.3 Å². The zero-order valence-electron chi connectivity index (χ0n) is 14.1. The summed E-state index contributed by atoms with van der Waals surface area (Å²) >= 11 is 0. The normalized spacial score (nSPS) is 13.5. The van der Waals surface area contributed by atoms with E-state index in [1.807, 2.05) is 6.92 Å². The van der Waals surface area contributed by atoms with E-state index < -0.39 is 8.32 Å². The number of ether oxygens (including phenoxy) is 1. The molecule has 0 N–H and O–H groups in total. The first-order chi connectivity index (χ1) is 8.74. The molecule has 0 saturated carbocycles. The van der Waals surface area contributed by atoms with Gasteiger partial charge in [-0.25, -0.2) is 0 Å². The molecule has 0 aromatic rings. The molecule has 0 bridgehead atoms. The molecule has 0 radical (unpaired) electrons. The fourth-order valence-corrected chi connectivity index (χ4v) is 2.42. The summed E-state index contributed by atoms with van der Waals surface area (Å²) in [6.07, 6.45) is 8.32. The predicted octanol–water partition coefficient (Wildman–Crippen LogP) is 5.86. The summed E-state index contributed by atoms with van der Waals surface area (Å²) in [6, 6.07) is 0. The molecule has 0 aromatic heterocycles. The SMILES string of the molecule is CCCCCC/C=C(\OCC)O[Si](C)(C)C(C)(C)C. The maximum atomic E-state index is 6.23. The van der Waals surface area contributed by atoms with Crippen LogP contribution in [0.15, 0.2) is 12.0 Å². The van der Waals surface area contributed by atoms with E-state index in [1.54, 1.807) is 0 Å². The number of unbranched alkanes of at least 4 members (excludes halogenated alkanes) is 4. The van der Waals surface area contributed by atoms with Crippen LogP contribution in [0, 0.1) is 0 Å². The fraction of sp³-hybridized carbons (Fsp3) is 0.875. The molecule has 0 aliphatic heterocycles. The van der Waals surface area contributed by atoms with Gasteiger partial charge >= 0.3 is 0 Å². The Bertz CT molecular complexity index is 264. The summed E-state index contributed by atoms with van der Waals surface area (Å²) < 4.78 is 11.9. The minimum atomic E-state index is -1.77. The Balaban J connectivity index is 4.43. The predicted molar refractivity (Wildman–Crippen MR) is 86.8 cm³/mol. The molecule has 0 aliphatic rings. The molecule has 0 unspecified atom stereocenters. The van der Waals surface area contributed by atoms with Crippen LogP contribution in [0.1, 0.15) is 66.7 Å². The molecule has 114 valence electrons. The first-order valence-corrected chi connectivity index (χ1v) is 10.7. The highest BCUT2D eigenvalue weighted by Crippen LogP contribution is 2.38. The average Bonchev–Trinajstić information content (AvgIpc) is 2.27. The molecule has 0 saturated heterocycles. The summed E-state index contributed by atoms with van der Waals surface area (Å²) in [4.78, 5) is 0. The van der Waals surface area contributed by atoms with Crippen LogP contribution in [-0.4, -0.2) is 14.9 Å². The lowest BCUT2D eigenvalue weighted by atomic mass is 10.1. The summed E-state index contributed by atoms with van der Waals surface area (Å²) in [6.45, 7) is 16.2. The molecule has 0 heterocycles. The van der Waals surface area contributed by atoms with Crippen molar-refractivity contribution >= 4 is 8.32 Å². The van der Waals surface area contributed by atoms with Crippen molar-refractivity contribution in [1.29, 1.82) is 0 Å². The summed E-state index contributed by atoms with van der Waals surface area (Å²) in [5.74, 6) is 0.755. The molecular formula is C16H34O2Si. The zero-order valence-corrected chi connectivity index (χ0v) is 15.1. The molecule has 0 spiro atoms. The van der Waals surface area contributed by atoms with Crippen molar-refractivity contribution in [3.63, 3.8) is 0 Å². The van der Waals surface area contributed by atoms with Crippen LogP contribution >= 0.6 is 0 Å². The van der Waals surface area contributed by atoms with E-state index in [0.29, 0.717) is 6.61 Å². The molecule has 3 heteroatoms. The third-order valence-electron chi connectivity index (χ3n) is 3.82. The van der Waals surface area contributed by atoms with Crippen molar-refractivity contribution < 1.29 is 9.16 Å². The van der Waals surface area contributed by atoms with E-state index >= 15 is 0 Å². The molecule has 0 rings (SSSR count). The van der Waals surface area contributed by atoms with Gasteiger partial charge in [0.1, 0.15) is 0 Å². The number of rotatable bonds is 9. The quantitative estimate of drug-likeness (QED) is 0.300. The van der Waals surface area contributed by atoms with Gasteiger partial charge in [-0.2, -0.15) is 0 Å². The molecule has 0 aromatic carbocycles. The standard InChI is InChI=1S/C16H34O2Si/c1-8-10-11-12-13-14-15(17-9-2)18-19(6,7)16(3,4)5/h14H,8-13H2,1-7H3/b15-14+. The largest absolute Gasteiger partial charge is 0.519 e. The first-order valence-electron chi connectivity index (χ1n) is 7.76. The maximum absolute atomic E-state index is 6.23. The van der Waals surface area contributed by atoms with E-state index in [1.165, 1.54) is 25.7 Å². The van der Waals surface area contributed by atoms with E-state index in [2.05, 4.69) is 46.9 Å². The number of allylic oxidation sites excluding steroid dienone is 1. The second-order valence-electron chi connectivity index (χ2n) is 6.67. The maximum Gasteiger partial charge on any atom is 0.261 e. The van der Waals surface area contributed by atoms with Crippen LogP contribution < -0.4 is 0 Å². The topological polar surface area (TPSA) is 18.5 Å². The average molecular weight is 287 g/mol. The molecule has 2 nitrogen and oxygen atoms in total. The second-order valence-corrected chi connectivity index (χ2v) is 11.4. The highest BCUT2D eigenvalue weighted by molar-refractivity contribution is 6.74. The van der Waals surface area contributed by atoms with Gasteiger partial charge in [0.15, 0.2) is 0 Å². The Morgan fingerprint density at radius 2 is 1.68 bits per heavy atom. The van der Waals surface area contributed by atoms with Crippen molar-refractivity contribution in [2.45, 2.75) is 84.9 Å². The van der Waals surface area contributed by atoms with Gasteiger partial charge in [0.2, 0.25) is 0 Å². The van der Waals surface area contributed by atoms with E-state index in [0.717, 1.165) is 12.4 Å². The van der Waals surface area contributed by atoms with Gasteiger partial charge in [-0.05, 0) is 44.0 Å². The second kappa shape index (κ2) is 8.67. The highest BCUT2D eigenvalue weighted by atomic mass is 28.4. The lowest BCUT2D eigenvalue weighted by molar-refractivity contribution is 0.106. The van der Waals surface area contributed by atoms with Crippen LogP contribution in [0.5, 0.6) is 0 Å². The summed E-state index contributed by atoms with van der Waals surface area (Å²) in [7, 11) is -1.77. The Morgan fingerprint density at radius 3 is 2.16 bits per heavy atom. The Kier molecular flexibility index (Phi) is 8.47. The number of hydrogen-bond acceptors (Lipinski definition) is 2. The van der Waals surface area contributed by atoms with Gasteiger partial charge in [-0.3, -0.25) is 0 Å². The Morgan fingerprint density at radius 1 is 1.05 bits per heavy atom. The third-order valence-corrected chi connectivity index (χ3v) is 8.14. The number of hydrogen-bond donors (Lipinski definition) is 0. The molecule has 0 fully saturated rings. The third kappa shape index (κ3) is 7.66. The summed E-state index contributed by atoms with van der Waals surface area (Å²) in [5, 5.41) is 0.214. The smallest absolute Gasteiger partial charge is 0.261 e. The van der Waals surface area contributed by atoms with Gasteiger partial charge in [-0.1, -0.05) is 47.0 Å². The van der Waals surface area contributed by atoms with Crippen molar-refractivity contribution in [1.82, 2.24) is 0 Å². The lowest BCUT2D eigenvalue weighted by Gasteiger charge is -2.36. The van der Waals surface area contributed by atoms with E-state index in [9.17, 15) is 0 Å². The molecule has 0 aliphatic carbocycles. The van der Waals surface area contributed by atoms with Crippen LogP contribution in [-0.2, 0) is 9.16 Å². The molecular weight excluding hydrogens is 252 g/mol. The summed E-state index contributed by atoms with van der Waals surface area (Å²) in [5.41, 5.74) is 0. The van der Waals surface area contributed by atoms with Gasteiger partial charge in [0, 0.05) is 0 Å². The lowest BCUT2D eigenvalue weighted by Crippen LogP contribution is -2.40. The van der Waals surface area contributed by atoms with E-state index in [-0.39, 0.29) is 5.04 Å².